The zero-order chi connectivity index (χ0) is 19.6. The summed E-state index contributed by atoms with van der Waals surface area (Å²) in [5.41, 5.74) is 1.38. The predicted molar refractivity (Wildman–Crippen MR) is 107 cm³/mol. The first kappa shape index (κ1) is 18.6. The van der Waals surface area contributed by atoms with E-state index in [0.717, 1.165) is 0 Å². The molecule has 0 bridgehead atoms. The van der Waals surface area contributed by atoms with Crippen LogP contribution in [0.4, 0.5) is 5.69 Å². The van der Waals surface area contributed by atoms with Gasteiger partial charge in [0.15, 0.2) is 5.11 Å². The molecule has 0 unspecified atom stereocenters. The van der Waals surface area contributed by atoms with Gasteiger partial charge in [-0.05, 0) is 29.4 Å². The van der Waals surface area contributed by atoms with Crippen molar-refractivity contribution in [3.8, 4) is 11.1 Å². The van der Waals surface area contributed by atoms with Crippen LogP contribution < -0.4 is 5.32 Å². The minimum Gasteiger partial charge on any atom is -0.298 e. The normalized spacial score (nSPS) is 15.8. The number of amides is 2. The monoisotopic (exact) mass is 399 g/mol. The molecule has 1 aromatic heterocycles. The van der Waals surface area contributed by atoms with Crippen molar-refractivity contribution in [2.24, 2.45) is 0 Å². The van der Waals surface area contributed by atoms with E-state index in [2.05, 4.69) is 11.9 Å². The smallest absolute Gasteiger partial charge is 0.287 e. The van der Waals surface area contributed by atoms with Crippen LogP contribution in [0.15, 0.2) is 53.3 Å². The second-order valence-electron chi connectivity index (χ2n) is 5.54. The number of nitro groups is 1. The summed E-state index contributed by atoms with van der Waals surface area (Å²) < 4.78 is 0. The van der Waals surface area contributed by atoms with Crippen LogP contribution in [0.3, 0.4) is 0 Å². The van der Waals surface area contributed by atoms with Crippen LogP contribution >= 0.6 is 23.6 Å². The molecule has 27 heavy (non-hydrogen) atoms. The average Bonchev–Trinajstić information content (AvgIpc) is 3.12. The van der Waals surface area contributed by atoms with Crippen LogP contribution in [0, 0.1) is 10.1 Å². The van der Waals surface area contributed by atoms with E-state index in [-0.39, 0.29) is 22.9 Å². The fraction of sp³-hybridized carbons (Fsp3) is 0.0556. The Labute approximate surface area is 163 Å². The Hall–Kier alpha value is -3.17. The van der Waals surface area contributed by atoms with E-state index in [9.17, 15) is 19.7 Å². The summed E-state index contributed by atoms with van der Waals surface area (Å²) in [6.07, 6.45) is 2.92. The summed E-state index contributed by atoms with van der Waals surface area (Å²) in [4.78, 5) is 37.0. The minimum atomic E-state index is -0.611. The Kier molecular flexibility index (Phi) is 5.24. The van der Waals surface area contributed by atoms with Crippen molar-refractivity contribution in [1.82, 2.24) is 10.2 Å². The Morgan fingerprint density at radius 2 is 2.00 bits per heavy atom. The molecule has 0 spiro atoms. The van der Waals surface area contributed by atoms with E-state index in [1.807, 2.05) is 0 Å². The highest BCUT2D eigenvalue weighted by atomic mass is 32.1. The van der Waals surface area contributed by atoms with Gasteiger partial charge in [-0.3, -0.25) is 29.9 Å². The van der Waals surface area contributed by atoms with Gasteiger partial charge in [0.25, 0.3) is 17.5 Å². The molecular formula is C18H13N3O4S2. The van der Waals surface area contributed by atoms with Crippen molar-refractivity contribution >= 4 is 52.2 Å². The number of hydrogen-bond donors (Lipinski definition) is 1. The third-order valence-electron chi connectivity index (χ3n) is 3.89. The Morgan fingerprint density at radius 1 is 1.26 bits per heavy atom. The lowest BCUT2D eigenvalue weighted by molar-refractivity contribution is -0.383. The van der Waals surface area contributed by atoms with Gasteiger partial charge in [-0.25, -0.2) is 0 Å². The topological polar surface area (TPSA) is 92.6 Å². The van der Waals surface area contributed by atoms with Gasteiger partial charge in [-0.1, -0.05) is 30.3 Å². The number of carbonyl (C=O) groups excluding carboxylic acids is 2. The second kappa shape index (κ2) is 7.60. The molecule has 2 aromatic rings. The van der Waals surface area contributed by atoms with Crippen molar-refractivity contribution in [2.45, 2.75) is 0 Å². The van der Waals surface area contributed by atoms with Gasteiger partial charge < -0.3 is 0 Å². The van der Waals surface area contributed by atoms with Gasteiger partial charge in [0.05, 0.1) is 15.9 Å². The van der Waals surface area contributed by atoms with Crippen LogP contribution in [-0.4, -0.2) is 33.3 Å². The number of hydrogen-bond acceptors (Lipinski definition) is 6. The quantitative estimate of drug-likeness (QED) is 0.208. The summed E-state index contributed by atoms with van der Waals surface area (Å²) in [6, 6.07) is 6.86. The summed E-state index contributed by atoms with van der Waals surface area (Å²) in [6.45, 7) is 3.74. The van der Waals surface area contributed by atoms with Crippen LogP contribution in [0.2, 0.25) is 0 Å². The molecule has 0 radical (unpaired) electrons. The first-order chi connectivity index (χ1) is 12.9. The number of rotatable bonds is 5. The Bertz CT molecular complexity index is 1010. The highest BCUT2D eigenvalue weighted by Crippen LogP contribution is 2.36. The largest absolute Gasteiger partial charge is 0.298 e. The molecule has 0 atom stereocenters. The van der Waals surface area contributed by atoms with E-state index in [4.69, 9.17) is 12.2 Å². The molecule has 1 saturated heterocycles. The number of benzene rings is 1. The first-order valence-corrected chi connectivity index (χ1v) is 9.09. The third kappa shape index (κ3) is 3.55. The molecule has 7 nitrogen and oxygen atoms in total. The van der Waals surface area contributed by atoms with Crippen molar-refractivity contribution in [3.63, 3.8) is 0 Å². The maximum absolute atomic E-state index is 12.7. The van der Waals surface area contributed by atoms with E-state index in [1.165, 1.54) is 33.8 Å². The van der Waals surface area contributed by atoms with E-state index in [1.54, 1.807) is 29.6 Å². The minimum absolute atomic E-state index is 0.0174. The maximum Gasteiger partial charge on any atom is 0.287 e. The lowest BCUT2D eigenvalue weighted by Gasteiger charge is -2.27. The molecule has 2 heterocycles. The molecule has 9 heteroatoms. The van der Waals surface area contributed by atoms with Gasteiger partial charge in [-0.2, -0.15) is 0 Å². The summed E-state index contributed by atoms with van der Waals surface area (Å²) in [5.74, 6) is -1.15. The lowest BCUT2D eigenvalue weighted by Crippen LogP contribution is -2.53. The molecule has 1 aliphatic heterocycles. The fourth-order valence-corrected chi connectivity index (χ4v) is 3.69. The number of carbonyl (C=O) groups is 2. The average molecular weight is 399 g/mol. The number of thiocarbonyl (C=S) groups is 1. The van der Waals surface area contributed by atoms with E-state index < -0.39 is 16.7 Å². The highest BCUT2D eigenvalue weighted by molar-refractivity contribution is 7.80. The van der Waals surface area contributed by atoms with Crippen molar-refractivity contribution < 1.29 is 14.5 Å². The van der Waals surface area contributed by atoms with Gasteiger partial charge in [0, 0.05) is 11.9 Å². The molecular weight excluding hydrogens is 386 g/mol. The molecule has 1 aromatic carbocycles. The fourth-order valence-electron chi connectivity index (χ4n) is 2.65. The van der Waals surface area contributed by atoms with Crippen molar-refractivity contribution in [3.05, 3.63) is 68.9 Å². The van der Waals surface area contributed by atoms with E-state index in [0.29, 0.717) is 16.7 Å². The predicted octanol–water partition coefficient (Wildman–Crippen LogP) is 3.14. The zero-order valence-corrected chi connectivity index (χ0v) is 15.5. The van der Waals surface area contributed by atoms with Gasteiger partial charge in [-0.15, -0.1) is 17.9 Å². The third-order valence-corrected chi connectivity index (χ3v) is 4.94. The maximum atomic E-state index is 12.7. The lowest BCUT2D eigenvalue weighted by atomic mass is 9.98. The van der Waals surface area contributed by atoms with Crippen molar-refractivity contribution in [2.75, 3.05) is 6.54 Å². The van der Waals surface area contributed by atoms with Crippen LogP contribution in [0.5, 0.6) is 0 Å². The molecule has 0 aliphatic carbocycles. The SMILES string of the molecule is C=CCN1C(=O)C(=Cc2ccccc2-c2cscc2[N+](=O)[O-])C(=O)NC1=S. The molecule has 1 fully saturated rings. The Morgan fingerprint density at radius 3 is 2.70 bits per heavy atom. The number of nitrogens with zero attached hydrogens (tertiary/aromatic N) is 2. The van der Waals surface area contributed by atoms with Crippen LogP contribution in [0.25, 0.3) is 17.2 Å². The highest BCUT2D eigenvalue weighted by Gasteiger charge is 2.33. The summed E-state index contributed by atoms with van der Waals surface area (Å²) >= 11 is 6.23. The van der Waals surface area contributed by atoms with Crippen LogP contribution in [-0.2, 0) is 9.59 Å². The summed E-state index contributed by atoms with van der Waals surface area (Å²) in [5, 5.41) is 16.9. The van der Waals surface area contributed by atoms with Crippen molar-refractivity contribution in [1.29, 1.82) is 0 Å². The molecule has 1 aliphatic rings. The molecule has 2 amide bonds. The van der Waals surface area contributed by atoms with Gasteiger partial charge >= 0.3 is 0 Å². The summed E-state index contributed by atoms with van der Waals surface area (Å²) in [7, 11) is 0. The number of nitrogens with one attached hydrogen (secondary N) is 1. The second-order valence-corrected chi connectivity index (χ2v) is 6.67. The Balaban J connectivity index is 2.10. The molecule has 136 valence electrons. The van der Waals surface area contributed by atoms with Gasteiger partial charge in [0.2, 0.25) is 0 Å². The van der Waals surface area contributed by atoms with Gasteiger partial charge in [0.1, 0.15) is 5.57 Å². The molecule has 0 saturated carbocycles. The van der Waals surface area contributed by atoms with Crippen LogP contribution in [0.1, 0.15) is 5.56 Å². The van der Waals surface area contributed by atoms with E-state index >= 15 is 0 Å². The first-order valence-electron chi connectivity index (χ1n) is 7.73. The molecule has 3 rings (SSSR count). The zero-order valence-electron chi connectivity index (χ0n) is 13.9. The molecule has 1 N–H and O–H groups in total. The standard InChI is InChI=1S/C18H13N3O4S2/c1-2-7-20-17(23)13(16(22)19-18(20)26)8-11-5-3-4-6-12(11)14-9-27-10-15(14)21(24)25/h2-6,8-10H,1,7H2,(H,19,22,26). The number of thiophene rings is 1.